The summed E-state index contributed by atoms with van der Waals surface area (Å²) in [4.78, 5) is 17.1. The number of nitrogens with zero attached hydrogens (tertiary/aromatic N) is 2. The summed E-state index contributed by atoms with van der Waals surface area (Å²) in [6.45, 7) is 1.72. The van der Waals surface area contributed by atoms with Gasteiger partial charge in [-0.15, -0.1) is 0 Å². The molecule has 8 nitrogen and oxygen atoms in total. The number of benzene rings is 2. The molecular weight excluding hydrogens is 418 g/mol. The molecule has 8 heteroatoms. The van der Waals surface area contributed by atoms with Crippen LogP contribution in [0.1, 0.15) is 29.3 Å². The van der Waals surface area contributed by atoms with Gasteiger partial charge in [0, 0.05) is 41.2 Å². The number of aromatic hydroxyl groups is 1. The molecule has 33 heavy (non-hydrogen) atoms. The molecule has 4 rings (SSSR count). The number of amides is 2. The Morgan fingerprint density at radius 2 is 1.85 bits per heavy atom. The number of phenolic OH excluding ortho intramolecular Hbond substituents is 1. The van der Waals surface area contributed by atoms with Crippen molar-refractivity contribution in [2.75, 3.05) is 5.32 Å². The Morgan fingerprint density at radius 3 is 2.58 bits per heavy atom. The topological polar surface area (TPSA) is 124 Å². The van der Waals surface area contributed by atoms with Crippen molar-refractivity contribution in [3.8, 4) is 17.0 Å². The van der Waals surface area contributed by atoms with E-state index in [1.165, 1.54) is 0 Å². The molecule has 4 N–H and O–H groups in total. The number of hydrogen-bond acceptors (Lipinski definition) is 6. The van der Waals surface area contributed by atoms with Crippen molar-refractivity contribution < 1.29 is 14.4 Å². The lowest BCUT2D eigenvalue weighted by Crippen LogP contribution is -2.34. The Balaban J connectivity index is 1.57. The summed E-state index contributed by atoms with van der Waals surface area (Å²) in [7, 11) is 0. The van der Waals surface area contributed by atoms with E-state index >= 15 is 0 Å². The molecule has 166 valence electrons. The lowest BCUT2D eigenvalue weighted by molar-refractivity contribution is 0.248. The van der Waals surface area contributed by atoms with Crippen LogP contribution >= 0.6 is 0 Å². The summed E-state index contributed by atoms with van der Waals surface area (Å²) in [5.74, 6) is 0.499. The Bertz CT molecular complexity index is 1260. The molecule has 2 amide bonds. The third-order valence-corrected chi connectivity index (χ3v) is 5.18. The first kappa shape index (κ1) is 21.8. The lowest BCUT2D eigenvalue weighted by Gasteiger charge is -2.21. The maximum atomic E-state index is 13.0. The third kappa shape index (κ3) is 5.07. The van der Waals surface area contributed by atoms with Crippen LogP contribution in [0.2, 0.25) is 0 Å². The highest BCUT2D eigenvalue weighted by molar-refractivity contribution is 5.99. The molecule has 2 aromatic carbocycles. The second kappa shape index (κ2) is 9.78. The minimum atomic E-state index is -0.653. The van der Waals surface area contributed by atoms with Crippen LogP contribution in [-0.4, -0.2) is 27.0 Å². The van der Waals surface area contributed by atoms with E-state index in [9.17, 15) is 9.90 Å². The number of aromatic nitrogens is 2. The standard InChI is InChI=1S/C25H23N5O3/c1-16-23(24(30-33-16)17-8-3-2-4-9-17)29-25(32)28-21(19-11-5-6-12-22(19)31)14-20(26)18-10-7-13-27-15-18/h2-13,15,21,26,31H,14H2,1H3,(H2,28,29,32). The molecule has 2 aromatic heterocycles. The van der Waals surface area contributed by atoms with E-state index in [1.54, 1.807) is 55.7 Å². The van der Waals surface area contributed by atoms with Crippen LogP contribution in [0.15, 0.2) is 83.6 Å². The van der Waals surface area contributed by atoms with Gasteiger partial charge in [0.25, 0.3) is 0 Å². The molecule has 0 saturated carbocycles. The Hall–Kier alpha value is -4.46. The zero-order chi connectivity index (χ0) is 23.2. The van der Waals surface area contributed by atoms with Crippen molar-refractivity contribution in [1.29, 1.82) is 5.41 Å². The number of hydrogen-bond donors (Lipinski definition) is 4. The van der Waals surface area contributed by atoms with Crippen LogP contribution in [-0.2, 0) is 0 Å². The van der Waals surface area contributed by atoms with E-state index in [0.717, 1.165) is 5.56 Å². The molecule has 0 aliphatic rings. The van der Waals surface area contributed by atoms with Gasteiger partial charge in [-0.05, 0) is 19.1 Å². The molecular formula is C25H23N5O3. The largest absolute Gasteiger partial charge is 0.508 e. The Morgan fingerprint density at radius 1 is 1.09 bits per heavy atom. The Labute approximate surface area is 190 Å². The van der Waals surface area contributed by atoms with Crippen LogP contribution in [0.3, 0.4) is 0 Å². The van der Waals surface area contributed by atoms with Gasteiger partial charge in [0.1, 0.15) is 17.1 Å². The van der Waals surface area contributed by atoms with Gasteiger partial charge in [0.15, 0.2) is 5.76 Å². The highest BCUT2D eigenvalue weighted by Gasteiger charge is 2.23. The third-order valence-electron chi connectivity index (χ3n) is 5.18. The van der Waals surface area contributed by atoms with E-state index in [1.807, 2.05) is 30.3 Å². The van der Waals surface area contributed by atoms with Crippen molar-refractivity contribution in [3.05, 3.63) is 96.0 Å². The maximum absolute atomic E-state index is 13.0. The molecule has 0 saturated heterocycles. The molecule has 1 unspecified atom stereocenters. The number of aryl methyl sites for hydroxylation is 1. The fourth-order valence-electron chi connectivity index (χ4n) is 3.50. The van der Waals surface area contributed by atoms with E-state index in [4.69, 9.17) is 9.93 Å². The number of carbonyl (C=O) groups excluding carboxylic acids is 1. The summed E-state index contributed by atoms with van der Waals surface area (Å²) in [5.41, 5.74) is 3.21. The van der Waals surface area contributed by atoms with Crippen LogP contribution in [0, 0.1) is 12.3 Å². The average molecular weight is 441 g/mol. The predicted molar refractivity (Wildman–Crippen MR) is 125 cm³/mol. The van der Waals surface area contributed by atoms with E-state index < -0.39 is 12.1 Å². The molecule has 2 heterocycles. The minimum Gasteiger partial charge on any atom is -0.508 e. The van der Waals surface area contributed by atoms with E-state index in [-0.39, 0.29) is 17.9 Å². The zero-order valence-corrected chi connectivity index (χ0v) is 17.9. The number of urea groups is 1. The molecule has 4 aromatic rings. The Kier molecular flexibility index (Phi) is 6.45. The van der Waals surface area contributed by atoms with Gasteiger partial charge in [0.05, 0.1) is 6.04 Å². The summed E-state index contributed by atoms with van der Waals surface area (Å²) in [5, 5.41) is 28.7. The highest BCUT2D eigenvalue weighted by atomic mass is 16.5. The minimum absolute atomic E-state index is 0.0351. The number of rotatable bonds is 7. The highest BCUT2D eigenvalue weighted by Crippen LogP contribution is 2.31. The molecule has 0 radical (unpaired) electrons. The molecule has 0 aliphatic heterocycles. The van der Waals surface area contributed by atoms with Crippen LogP contribution < -0.4 is 10.6 Å². The van der Waals surface area contributed by atoms with Crippen molar-refractivity contribution in [3.63, 3.8) is 0 Å². The van der Waals surface area contributed by atoms with Gasteiger partial charge in [-0.3, -0.25) is 4.98 Å². The summed E-state index contributed by atoms with van der Waals surface area (Å²) in [6.07, 6.45) is 3.39. The quantitative estimate of drug-likeness (QED) is 0.298. The lowest BCUT2D eigenvalue weighted by atomic mass is 9.97. The maximum Gasteiger partial charge on any atom is 0.319 e. The smallest absolute Gasteiger partial charge is 0.319 e. The predicted octanol–water partition coefficient (Wildman–Crippen LogP) is 5.07. The van der Waals surface area contributed by atoms with Crippen molar-refractivity contribution in [2.45, 2.75) is 19.4 Å². The normalized spacial score (nSPS) is 11.5. The fraction of sp³-hybridized carbons (Fsp3) is 0.120. The molecule has 0 bridgehead atoms. The first-order chi connectivity index (χ1) is 16.0. The van der Waals surface area contributed by atoms with E-state index in [2.05, 4.69) is 20.8 Å². The molecule has 0 aliphatic carbocycles. The second-order valence-electron chi connectivity index (χ2n) is 7.46. The van der Waals surface area contributed by atoms with Gasteiger partial charge in [-0.2, -0.15) is 0 Å². The van der Waals surface area contributed by atoms with E-state index in [0.29, 0.717) is 28.3 Å². The van der Waals surface area contributed by atoms with Gasteiger partial charge < -0.3 is 25.7 Å². The monoisotopic (exact) mass is 441 g/mol. The van der Waals surface area contributed by atoms with Crippen LogP contribution in [0.5, 0.6) is 5.75 Å². The number of pyridine rings is 1. The van der Waals surface area contributed by atoms with Gasteiger partial charge in [0.2, 0.25) is 0 Å². The number of phenols is 1. The average Bonchev–Trinajstić information content (AvgIpc) is 3.20. The number of anilines is 1. The first-order valence-corrected chi connectivity index (χ1v) is 10.4. The number of para-hydroxylation sites is 1. The van der Waals surface area contributed by atoms with Crippen LogP contribution in [0.4, 0.5) is 10.5 Å². The second-order valence-corrected chi connectivity index (χ2v) is 7.46. The van der Waals surface area contributed by atoms with Gasteiger partial charge in [-0.1, -0.05) is 59.8 Å². The van der Waals surface area contributed by atoms with Crippen molar-refractivity contribution in [1.82, 2.24) is 15.5 Å². The van der Waals surface area contributed by atoms with Gasteiger partial charge in [-0.25, -0.2) is 4.79 Å². The molecule has 0 spiro atoms. The number of carbonyl (C=O) groups is 1. The first-order valence-electron chi connectivity index (χ1n) is 10.4. The number of nitrogens with one attached hydrogen (secondary N) is 3. The molecule has 1 atom stereocenters. The van der Waals surface area contributed by atoms with Crippen molar-refractivity contribution in [2.24, 2.45) is 0 Å². The summed E-state index contributed by atoms with van der Waals surface area (Å²) >= 11 is 0. The van der Waals surface area contributed by atoms with Crippen molar-refractivity contribution >= 4 is 17.4 Å². The summed E-state index contributed by atoms with van der Waals surface area (Å²) < 4.78 is 5.31. The summed E-state index contributed by atoms with van der Waals surface area (Å²) in [6, 6.07) is 18.5. The zero-order valence-electron chi connectivity index (χ0n) is 17.9. The SMILES string of the molecule is Cc1onc(-c2ccccc2)c1NC(=O)NC(CC(=N)c1cccnc1)c1ccccc1O. The van der Waals surface area contributed by atoms with Gasteiger partial charge >= 0.3 is 6.03 Å². The van der Waals surface area contributed by atoms with Crippen LogP contribution in [0.25, 0.3) is 11.3 Å². The molecule has 0 fully saturated rings. The fourth-order valence-corrected chi connectivity index (χ4v) is 3.50.